The highest BCUT2D eigenvalue weighted by molar-refractivity contribution is 6.01. The van der Waals surface area contributed by atoms with Crippen molar-refractivity contribution in [2.24, 2.45) is 11.3 Å². The molecule has 1 fully saturated rings. The lowest BCUT2D eigenvalue weighted by atomic mass is 9.50. The van der Waals surface area contributed by atoms with Crippen LogP contribution in [0.4, 0.5) is 14.5 Å². The van der Waals surface area contributed by atoms with E-state index in [1.165, 1.54) is 12.1 Å². The Kier molecular flexibility index (Phi) is 6.88. The zero-order valence-corrected chi connectivity index (χ0v) is 25.8. The van der Waals surface area contributed by atoms with Gasteiger partial charge in [-0.25, -0.2) is 18.7 Å². The zero-order valence-electron chi connectivity index (χ0n) is 25.8. The summed E-state index contributed by atoms with van der Waals surface area (Å²) in [6.07, 6.45) is 5.35. The molecule has 0 amide bonds. The molecule has 0 aliphatic heterocycles. The first-order valence-electron chi connectivity index (χ1n) is 15.3. The Morgan fingerprint density at radius 2 is 1.60 bits per heavy atom. The number of hydrogen-bond acceptors (Lipinski definition) is 5. The number of allylic oxidation sites excluding steroid dienone is 1. The van der Waals surface area contributed by atoms with E-state index in [0.29, 0.717) is 40.9 Å². The number of para-hydroxylation sites is 2. The molecule has 45 heavy (non-hydrogen) atoms. The van der Waals surface area contributed by atoms with Crippen LogP contribution in [0.5, 0.6) is 0 Å². The van der Waals surface area contributed by atoms with E-state index < -0.39 is 16.6 Å². The Balaban J connectivity index is 1.47. The largest absolute Gasteiger partial charge is 0.351 e. The lowest BCUT2D eigenvalue weighted by Gasteiger charge is -2.53. The molecule has 2 aliphatic carbocycles. The maximum absolute atomic E-state index is 15.5. The second-order valence-corrected chi connectivity index (χ2v) is 13.0. The van der Waals surface area contributed by atoms with Gasteiger partial charge < -0.3 is 4.90 Å². The molecule has 5 nitrogen and oxygen atoms in total. The molecule has 0 N–H and O–H groups in total. The molecule has 2 aromatic heterocycles. The summed E-state index contributed by atoms with van der Waals surface area (Å²) in [7, 11) is 1.95. The third-order valence-corrected chi connectivity index (χ3v) is 9.91. The molecule has 7 rings (SSSR count). The SMILES string of the molecule is CN(/C=C1/C[C@@]2(C)c3nc(-c4ccnc5c(F)cccc45)nc(-c4ccccc4F)c3CC[C@@H]2C(C)(C)C1=O)c1ccccc1. The normalized spacial score (nSPS) is 21.4. The van der Waals surface area contributed by atoms with Gasteiger partial charge in [-0.15, -0.1) is 0 Å². The number of pyridine rings is 1. The quantitative estimate of drug-likeness (QED) is 0.194. The van der Waals surface area contributed by atoms with Gasteiger partial charge in [-0.1, -0.05) is 63.2 Å². The Morgan fingerprint density at radius 3 is 2.38 bits per heavy atom. The van der Waals surface area contributed by atoms with Gasteiger partial charge in [-0.2, -0.15) is 0 Å². The van der Waals surface area contributed by atoms with E-state index in [0.717, 1.165) is 28.9 Å². The first-order valence-corrected chi connectivity index (χ1v) is 15.3. The second kappa shape index (κ2) is 10.7. The summed E-state index contributed by atoms with van der Waals surface area (Å²) in [6, 6.07) is 23.2. The lowest BCUT2D eigenvalue weighted by molar-refractivity contribution is -0.131. The molecule has 2 aliphatic rings. The maximum atomic E-state index is 15.5. The monoisotopic (exact) mass is 600 g/mol. The van der Waals surface area contributed by atoms with Crippen LogP contribution in [0.3, 0.4) is 0 Å². The smallest absolute Gasteiger partial charge is 0.166 e. The third-order valence-electron chi connectivity index (χ3n) is 9.91. The Morgan fingerprint density at radius 1 is 0.867 bits per heavy atom. The van der Waals surface area contributed by atoms with Crippen LogP contribution in [0.15, 0.2) is 96.8 Å². The number of ketones is 1. The van der Waals surface area contributed by atoms with Crippen molar-refractivity contribution in [3.63, 3.8) is 0 Å². The van der Waals surface area contributed by atoms with Gasteiger partial charge in [0.15, 0.2) is 11.6 Å². The van der Waals surface area contributed by atoms with Crippen LogP contribution in [0.1, 0.15) is 44.9 Å². The number of nitrogens with zero attached hydrogens (tertiary/aromatic N) is 4. The standard InChI is InChI=1S/C38H34F2N4O/c1-37(2)31-18-17-28-32(27-13-8-9-15-29(27)39)42-36(26-19-20-41-33-25(26)14-10-16-30(33)40)43-34(28)38(31,3)21-23(35(37)45)22-44(4)24-11-6-5-7-12-24/h5-16,19-20,22,31H,17-18,21H2,1-4H3/b23-22-/t31-,38-/m1/s1. The highest BCUT2D eigenvalue weighted by Crippen LogP contribution is 2.57. The van der Waals surface area contributed by atoms with Crippen molar-refractivity contribution in [1.82, 2.24) is 15.0 Å². The molecule has 2 heterocycles. The van der Waals surface area contributed by atoms with Crippen LogP contribution in [-0.2, 0) is 16.6 Å². The average molecular weight is 601 g/mol. The minimum atomic E-state index is -0.663. The van der Waals surface area contributed by atoms with Crippen LogP contribution in [-0.4, -0.2) is 27.8 Å². The summed E-state index contributed by atoms with van der Waals surface area (Å²) < 4.78 is 30.3. The number of Topliss-reactive ketones (excluding diaryl/α,β-unsaturated/α-hetero) is 1. The van der Waals surface area contributed by atoms with E-state index in [1.807, 2.05) is 62.3 Å². The molecule has 0 spiro atoms. The van der Waals surface area contributed by atoms with Crippen molar-refractivity contribution in [2.45, 2.75) is 45.4 Å². The topological polar surface area (TPSA) is 59.0 Å². The fourth-order valence-electron chi connectivity index (χ4n) is 7.78. The van der Waals surface area contributed by atoms with Gasteiger partial charge in [-0.05, 0) is 61.6 Å². The van der Waals surface area contributed by atoms with Gasteiger partial charge in [0.1, 0.15) is 17.2 Å². The number of aromatic nitrogens is 3. The van der Waals surface area contributed by atoms with Crippen molar-refractivity contribution < 1.29 is 13.6 Å². The second-order valence-electron chi connectivity index (χ2n) is 13.0. The Labute approximate surface area is 261 Å². The Bertz CT molecular complexity index is 2000. The third kappa shape index (κ3) is 4.64. The lowest BCUT2D eigenvalue weighted by Crippen LogP contribution is -2.54. The van der Waals surface area contributed by atoms with Gasteiger partial charge in [0.2, 0.25) is 0 Å². The molecule has 5 aromatic rings. The summed E-state index contributed by atoms with van der Waals surface area (Å²) in [6.45, 7) is 6.27. The summed E-state index contributed by atoms with van der Waals surface area (Å²) in [5.41, 5.74) is 3.99. The molecule has 1 saturated carbocycles. The van der Waals surface area contributed by atoms with Crippen molar-refractivity contribution >= 4 is 22.4 Å². The molecule has 0 unspecified atom stereocenters. The summed E-state index contributed by atoms with van der Waals surface area (Å²) in [5, 5.41) is 0.582. The molecule has 0 radical (unpaired) electrons. The minimum Gasteiger partial charge on any atom is -0.351 e. The number of hydrogen-bond donors (Lipinski definition) is 0. The van der Waals surface area contributed by atoms with Crippen LogP contribution in [0.25, 0.3) is 33.5 Å². The number of fused-ring (bicyclic) bond motifs is 4. The number of carbonyl (C=O) groups excluding carboxylic acids is 1. The molecule has 0 saturated heterocycles. The van der Waals surface area contributed by atoms with Crippen LogP contribution < -0.4 is 4.90 Å². The number of rotatable bonds is 4. The molecular formula is C38H34F2N4O. The molecule has 2 atom stereocenters. The van der Waals surface area contributed by atoms with E-state index in [4.69, 9.17) is 9.97 Å². The van der Waals surface area contributed by atoms with Crippen LogP contribution in [0.2, 0.25) is 0 Å². The molecule has 3 aromatic carbocycles. The fourth-order valence-corrected chi connectivity index (χ4v) is 7.78. The van der Waals surface area contributed by atoms with Gasteiger partial charge in [0.05, 0.1) is 11.4 Å². The van der Waals surface area contributed by atoms with Gasteiger partial charge in [0.25, 0.3) is 0 Å². The molecule has 7 heteroatoms. The van der Waals surface area contributed by atoms with Gasteiger partial charge in [0, 0.05) is 63.6 Å². The van der Waals surface area contributed by atoms with Crippen LogP contribution in [0, 0.1) is 23.0 Å². The zero-order chi connectivity index (χ0) is 31.5. The number of benzene rings is 3. The average Bonchev–Trinajstić information content (AvgIpc) is 3.04. The van der Waals surface area contributed by atoms with Gasteiger partial charge in [-0.3, -0.25) is 9.78 Å². The van der Waals surface area contributed by atoms with E-state index in [2.05, 4.69) is 11.9 Å². The first kappa shape index (κ1) is 29.0. The van der Waals surface area contributed by atoms with E-state index in [1.54, 1.807) is 42.6 Å². The predicted octanol–water partition coefficient (Wildman–Crippen LogP) is 8.48. The van der Waals surface area contributed by atoms with Crippen molar-refractivity contribution in [3.05, 3.63) is 120 Å². The van der Waals surface area contributed by atoms with Crippen LogP contribution >= 0.6 is 0 Å². The summed E-state index contributed by atoms with van der Waals surface area (Å²) in [4.78, 5) is 30.6. The number of carbonyl (C=O) groups is 1. The molecular weight excluding hydrogens is 566 g/mol. The fraction of sp³-hybridized carbons (Fsp3) is 0.263. The molecule has 0 bridgehead atoms. The van der Waals surface area contributed by atoms with Gasteiger partial charge >= 0.3 is 0 Å². The Hall–Kier alpha value is -4.78. The maximum Gasteiger partial charge on any atom is 0.166 e. The molecule has 226 valence electrons. The van der Waals surface area contributed by atoms with E-state index in [9.17, 15) is 9.18 Å². The summed E-state index contributed by atoms with van der Waals surface area (Å²) >= 11 is 0. The highest BCUT2D eigenvalue weighted by Gasteiger charge is 2.56. The highest BCUT2D eigenvalue weighted by atomic mass is 19.1. The van der Waals surface area contributed by atoms with Crippen molar-refractivity contribution in [2.75, 3.05) is 11.9 Å². The van der Waals surface area contributed by atoms with Crippen molar-refractivity contribution in [3.8, 4) is 22.6 Å². The predicted molar refractivity (Wildman–Crippen MR) is 174 cm³/mol. The van der Waals surface area contributed by atoms with Crippen molar-refractivity contribution in [1.29, 1.82) is 0 Å². The van der Waals surface area contributed by atoms with E-state index >= 15 is 4.39 Å². The first-order chi connectivity index (χ1) is 21.6. The number of anilines is 1. The minimum absolute atomic E-state index is 0.00738. The summed E-state index contributed by atoms with van der Waals surface area (Å²) in [5.74, 6) is -0.291. The number of halogens is 2. The van der Waals surface area contributed by atoms with E-state index in [-0.39, 0.29) is 23.0 Å².